The second kappa shape index (κ2) is 5.73. The molecule has 1 aromatic heterocycles. The molecule has 1 aliphatic carbocycles. The topological polar surface area (TPSA) is 34.1 Å². The van der Waals surface area contributed by atoms with E-state index in [1.54, 1.807) is 0 Å². The number of benzene rings is 1. The molecule has 2 aromatic rings. The zero-order valence-electron chi connectivity index (χ0n) is 11.1. The maximum absolute atomic E-state index is 13.6. The van der Waals surface area contributed by atoms with Crippen LogP contribution >= 0.6 is 0 Å². The summed E-state index contributed by atoms with van der Waals surface area (Å²) in [6.45, 7) is 0.383. The van der Waals surface area contributed by atoms with E-state index in [1.165, 1.54) is 12.1 Å². The van der Waals surface area contributed by atoms with Gasteiger partial charge in [-0.25, -0.2) is 18.2 Å². The van der Waals surface area contributed by atoms with Crippen LogP contribution in [0.5, 0.6) is 11.6 Å². The Morgan fingerprint density at radius 1 is 1.14 bits per heavy atom. The maximum Gasteiger partial charge on any atom is 0.224 e. The first-order chi connectivity index (χ1) is 10.1. The summed E-state index contributed by atoms with van der Waals surface area (Å²) >= 11 is 0. The van der Waals surface area contributed by atoms with Gasteiger partial charge in [-0.3, -0.25) is 0 Å². The minimum Gasteiger partial charge on any atom is -0.436 e. The fourth-order valence-electron chi connectivity index (χ4n) is 1.89. The summed E-state index contributed by atoms with van der Waals surface area (Å²) in [5.74, 6) is -2.06. The average molecular weight is 294 g/mol. The summed E-state index contributed by atoms with van der Waals surface area (Å²) in [6.07, 6.45) is 3.18. The van der Waals surface area contributed by atoms with Gasteiger partial charge in [0, 0.05) is 24.2 Å². The number of nitrogens with zero attached hydrogens (tertiary/aromatic N) is 1. The van der Waals surface area contributed by atoms with Crippen LogP contribution in [0.25, 0.3) is 0 Å². The maximum atomic E-state index is 13.6. The minimum atomic E-state index is -0.831. The molecule has 3 nitrogen and oxygen atoms in total. The SMILES string of the molecule is Fc1ccc(Oc2ncc(F)cc2CNC2CC2)c(F)c1. The van der Waals surface area contributed by atoms with Gasteiger partial charge in [-0.1, -0.05) is 0 Å². The third-order valence-electron chi connectivity index (χ3n) is 3.15. The van der Waals surface area contributed by atoms with Gasteiger partial charge in [0.15, 0.2) is 11.6 Å². The lowest BCUT2D eigenvalue weighted by molar-refractivity contribution is 0.414. The first kappa shape index (κ1) is 13.9. The largest absolute Gasteiger partial charge is 0.436 e. The van der Waals surface area contributed by atoms with Gasteiger partial charge in [0.05, 0.1) is 6.20 Å². The van der Waals surface area contributed by atoms with Crippen LogP contribution in [0.15, 0.2) is 30.5 Å². The normalized spacial score (nSPS) is 14.2. The lowest BCUT2D eigenvalue weighted by Crippen LogP contribution is -2.16. The van der Waals surface area contributed by atoms with Crippen LogP contribution in [0, 0.1) is 17.5 Å². The van der Waals surface area contributed by atoms with Gasteiger partial charge in [0.2, 0.25) is 5.88 Å². The lowest BCUT2D eigenvalue weighted by Gasteiger charge is -2.11. The Morgan fingerprint density at radius 3 is 2.67 bits per heavy atom. The molecule has 1 aromatic carbocycles. The summed E-state index contributed by atoms with van der Waals surface area (Å²) in [5.41, 5.74) is 0.491. The van der Waals surface area contributed by atoms with Crippen molar-refractivity contribution in [2.45, 2.75) is 25.4 Å². The van der Waals surface area contributed by atoms with Crippen molar-refractivity contribution in [3.8, 4) is 11.6 Å². The number of aromatic nitrogens is 1. The van der Waals surface area contributed by atoms with Crippen molar-refractivity contribution in [2.75, 3.05) is 0 Å². The number of halogens is 3. The van der Waals surface area contributed by atoms with Gasteiger partial charge >= 0.3 is 0 Å². The molecule has 0 spiro atoms. The predicted octanol–water partition coefficient (Wildman–Crippen LogP) is 3.54. The van der Waals surface area contributed by atoms with Crippen LogP contribution in [-0.2, 0) is 6.54 Å². The van der Waals surface area contributed by atoms with Gasteiger partial charge in [-0.15, -0.1) is 0 Å². The zero-order chi connectivity index (χ0) is 14.8. The van der Waals surface area contributed by atoms with Gasteiger partial charge in [0.25, 0.3) is 0 Å². The Bertz CT molecular complexity index is 659. The summed E-state index contributed by atoms with van der Waals surface area (Å²) in [4.78, 5) is 3.84. The monoisotopic (exact) mass is 294 g/mol. The Kier molecular flexibility index (Phi) is 3.79. The predicted molar refractivity (Wildman–Crippen MR) is 70.5 cm³/mol. The van der Waals surface area contributed by atoms with Crippen molar-refractivity contribution in [2.24, 2.45) is 0 Å². The number of nitrogens with one attached hydrogen (secondary N) is 1. The molecule has 0 amide bonds. The smallest absolute Gasteiger partial charge is 0.224 e. The third-order valence-corrected chi connectivity index (χ3v) is 3.15. The van der Waals surface area contributed by atoms with Gasteiger partial charge in [-0.05, 0) is 31.0 Å². The van der Waals surface area contributed by atoms with Crippen molar-refractivity contribution in [1.82, 2.24) is 10.3 Å². The van der Waals surface area contributed by atoms with Crippen molar-refractivity contribution in [3.05, 3.63) is 53.5 Å². The average Bonchev–Trinajstić information content (AvgIpc) is 3.26. The van der Waals surface area contributed by atoms with Crippen LogP contribution in [0.4, 0.5) is 13.2 Å². The van der Waals surface area contributed by atoms with E-state index in [1.807, 2.05) is 0 Å². The number of rotatable bonds is 5. The van der Waals surface area contributed by atoms with Crippen molar-refractivity contribution in [1.29, 1.82) is 0 Å². The Morgan fingerprint density at radius 2 is 1.95 bits per heavy atom. The summed E-state index contributed by atoms with van der Waals surface area (Å²) in [7, 11) is 0. The summed E-state index contributed by atoms with van der Waals surface area (Å²) in [5, 5.41) is 3.21. The number of ether oxygens (including phenoxy) is 1. The number of hydrogen-bond donors (Lipinski definition) is 1. The molecule has 1 fully saturated rings. The first-order valence-corrected chi connectivity index (χ1v) is 6.62. The van der Waals surface area contributed by atoms with Crippen LogP contribution in [0.2, 0.25) is 0 Å². The van der Waals surface area contributed by atoms with E-state index in [2.05, 4.69) is 10.3 Å². The molecule has 1 heterocycles. The molecule has 110 valence electrons. The molecule has 21 heavy (non-hydrogen) atoms. The summed E-state index contributed by atoms with van der Waals surface area (Å²) in [6, 6.07) is 4.71. The molecule has 0 aliphatic heterocycles. The standard InChI is InChI=1S/C15H13F3N2O/c16-10-1-4-14(13(18)6-10)21-15-9(5-11(17)8-20-15)7-19-12-2-3-12/h1,4-6,8,12,19H,2-3,7H2. The molecule has 1 aliphatic rings. The summed E-state index contributed by atoms with van der Waals surface area (Å²) < 4.78 is 45.1. The van der Waals surface area contributed by atoms with Gasteiger partial charge in [0.1, 0.15) is 11.6 Å². The van der Waals surface area contributed by atoms with Crippen LogP contribution < -0.4 is 10.1 Å². The van der Waals surface area contributed by atoms with E-state index >= 15 is 0 Å². The molecular formula is C15H13F3N2O. The highest BCUT2D eigenvalue weighted by atomic mass is 19.1. The van der Waals surface area contributed by atoms with Crippen LogP contribution in [-0.4, -0.2) is 11.0 Å². The van der Waals surface area contributed by atoms with E-state index < -0.39 is 17.5 Å². The van der Waals surface area contributed by atoms with Gasteiger partial charge in [-0.2, -0.15) is 0 Å². The molecule has 0 atom stereocenters. The molecule has 1 N–H and O–H groups in total. The van der Waals surface area contributed by atoms with E-state index in [0.29, 0.717) is 18.2 Å². The van der Waals surface area contributed by atoms with E-state index in [0.717, 1.165) is 31.2 Å². The fourth-order valence-corrected chi connectivity index (χ4v) is 1.89. The minimum absolute atomic E-state index is 0.107. The Balaban J connectivity index is 1.82. The van der Waals surface area contributed by atoms with Crippen molar-refractivity contribution < 1.29 is 17.9 Å². The third kappa shape index (κ3) is 3.52. The molecule has 6 heteroatoms. The molecular weight excluding hydrogens is 281 g/mol. The molecule has 0 bridgehead atoms. The highest BCUT2D eigenvalue weighted by Gasteiger charge is 2.21. The second-order valence-electron chi connectivity index (χ2n) is 4.95. The Labute approximate surface area is 119 Å². The highest BCUT2D eigenvalue weighted by Crippen LogP contribution is 2.27. The molecule has 0 radical (unpaired) electrons. The molecule has 0 saturated heterocycles. The van der Waals surface area contributed by atoms with Gasteiger partial charge < -0.3 is 10.1 Å². The van der Waals surface area contributed by atoms with E-state index in [-0.39, 0.29) is 11.6 Å². The molecule has 3 rings (SSSR count). The quantitative estimate of drug-likeness (QED) is 0.916. The highest BCUT2D eigenvalue weighted by molar-refractivity contribution is 5.33. The zero-order valence-corrected chi connectivity index (χ0v) is 11.1. The fraction of sp³-hybridized carbons (Fsp3) is 0.267. The number of hydrogen-bond acceptors (Lipinski definition) is 3. The van der Waals surface area contributed by atoms with E-state index in [4.69, 9.17) is 4.74 Å². The second-order valence-corrected chi connectivity index (χ2v) is 4.95. The van der Waals surface area contributed by atoms with Crippen molar-refractivity contribution in [3.63, 3.8) is 0 Å². The molecule has 0 unspecified atom stereocenters. The first-order valence-electron chi connectivity index (χ1n) is 6.62. The van der Waals surface area contributed by atoms with Crippen LogP contribution in [0.3, 0.4) is 0 Å². The lowest BCUT2D eigenvalue weighted by atomic mass is 10.2. The Hall–Kier alpha value is -2.08. The number of pyridine rings is 1. The molecule has 1 saturated carbocycles. The van der Waals surface area contributed by atoms with E-state index in [9.17, 15) is 13.2 Å². The van der Waals surface area contributed by atoms with Crippen LogP contribution in [0.1, 0.15) is 18.4 Å². The van der Waals surface area contributed by atoms with Crippen molar-refractivity contribution >= 4 is 0 Å².